The number of carbonyl (C=O) groups is 1. The number of aromatic nitrogens is 1. The molecule has 0 saturated heterocycles. The molecule has 206 valence electrons. The van der Waals surface area contributed by atoms with Crippen LogP contribution in [-0.4, -0.2) is 36.6 Å². The zero-order chi connectivity index (χ0) is 29.0. The van der Waals surface area contributed by atoms with E-state index >= 15 is 0 Å². The maximum Gasteiger partial charge on any atom is 0.289 e. The van der Waals surface area contributed by atoms with E-state index in [2.05, 4.69) is 41.1 Å². The van der Waals surface area contributed by atoms with Crippen LogP contribution in [-0.2, 0) is 14.8 Å². The fourth-order valence-corrected chi connectivity index (χ4v) is 5.96. The Bertz CT molecular complexity index is 1710. The molecule has 1 amide bonds. The molecule has 1 N–H and O–H groups in total. The number of aryl methyl sites for hydroxylation is 3. The zero-order valence-corrected chi connectivity index (χ0v) is 23.3. The Kier molecular flexibility index (Phi) is 8.15. The number of nitro benzene ring substituents is 1. The summed E-state index contributed by atoms with van der Waals surface area (Å²) in [6.07, 6.45) is 1.50. The first-order valence-electron chi connectivity index (χ1n) is 12.4. The van der Waals surface area contributed by atoms with E-state index in [-0.39, 0.29) is 5.69 Å². The SMILES string of the molecule is Cc1ccc(-n2c(C)cc(/C=N/NC(=O)CN(c3ccccc3)S(=O)(=O)c3ccccc3[N+](=O)[O-])c2C)cc1C. The van der Waals surface area contributed by atoms with E-state index < -0.39 is 38.0 Å². The smallest absolute Gasteiger partial charge is 0.289 e. The highest BCUT2D eigenvalue weighted by molar-refractivity contribution is 7.93. The fraction of sp³-hybridized carbons (Fsp3) is 0.172. The highest BCUT2D eigenvalue weighted by Crippen LogP contribution is 2.29. The Balaban J connectivity index is 1.58. The molecule has 1 heterocycles. The average molecular weight is 560 g/mol. The molecule has 0 fully saturated rings. The highest BCUT2D eigenvalue weighted by Gasteiger charge is 2.33. The molecule has 0 aliphatic rings. The zero-order valence-electron chi connectivity index (χ0n) is 22.5. The number of anilines is 1. The summed E-state index contributed by atoms with van der Waals surface area (Å²) in [4.78, 5) is 23.1. The van der Waals surface area contributed by atoms with Gasteiger partial charge in [0.05, 0.1) is 16.8 Å². The number of amides is 1. The van der Waals surface area contributed by atoms with Gasteiger partial charge in [-0.25, -0.2) is 13.8 Å². The Hall–Kier alpha value is -4.77. The lowest BCUT2D eigenvalue weighted by molar-refractivity contribution is -0.387. The molecule has 0 spiro atoms. The van der Waals surface area contributed by atoms with E-state index in [0.29, 0.717) is 0 Å². The standard InChI is InChI=1S/C29H29N5O5S/c1-20-14-15-26(16-21(20)2)33-22(3)17-24(23(33)4)18-30-31-29(35)19-32(25-10-6-5-7-11-25)40(38,39)28-13-9-8-12-27(28)34(36)37/h5-18H,19H2,1-4H3,(H,31,35)/b30-18+. The van der Waals surface area contributed by atoms with Gasteiger partial charge in [0.15, 0.2) is 4.90 Å². The predicted molar refractivity (Wildman–Crippen MR) is 155 cm³/mol. The highest BCUT2D eigenvalue weighted by atomic mass is 32.2. The largest absolute Gasteiger partial charge is 0.318 e. The van der Waals surface area contributed by atoms with Crippen molar-refractivity contribution in [2.75, 3.05) is 10.8 Å². The fourth-order valence-electron chi connectivity index (χ4n) is 4.37. The van der Waals surface area contributed by atoms with Crippen LogP contribution < -0.4 is 9.73 Å². The first-order chi connectivity index (χ1) is 19.0. The lowest BCUT2D eigenvalue weighted by Gasteiger charge is -2.23. The molecule has 0 saturated carbocycles. The van der Waals surface area contributed by atoms with E-state index in [4.69, 9.17) is 0 Å². The lowest BCUT2D eigenvalue weighted by atomic mass is 10.1. The van der Waals surface area contributed by atoms with Crippen molar-refractivity contribution in [1.82, 2.24) is 9.99 Å². The molecule has 0 atom stereocenters. The van der Waals surface area contributed by atoms with Gasteiger partial charge in [0.25, 0.3) is 21.6 Å². The topological polar surface area (TPSA) is 127 Å². The molecule has 0 unspecified atom stereocenters. The molecule has 3 aromatic carbocycles. The van der Waals surface area contributed by atoms with Gasteiger partial charge in [0, 0.05) is 28.7 Å². The second-order valence-electron chi connectivity index (χ2n) is 9.30. The van der Waals surface area contributed by atoms with Gasteiger partial charge in [-0.2, -0.15) is 5.10 Å². The molecule has 0 aliphatic heterocycles. The number of rotatable bonds is 9. The number of hydrogen-bond donors (Lipinski definition) is 1. The summed E-state index contributed by atoms with van der Waals surface area (Å²) < 4.78 is 30.0. The van der Waals surface area contributed by atoms with Crippen molar-refractivity contribution in [2.45, 2.75) is 32.6 Å². The van der Waals surface area contributed by atoms with Crippen LogP contribution in [0.1, 0.15) is 28.1 Å². The first-order valence-corrected chi connectivity index (χ1v) is 13.8. The number of nitrogens with zero attached hydrogens (tertiary/aromatic N) is 4. The van der Waals surface area contributed by atoms with Crippen LogP contribution in [0, 0.1) is 37.8 Å². The number of carbonyl (C=O) groups excluding carboxylic acids is 1. The third-order valence-electron chi connectivity index (χ3n) is 6.57. The monoisotopic (exact) mass is 559 g/mol. The van der Waals surface area contributed by atoms with Crippen LogP contribution in [0.25, 0.3) is 5.69 Å². The van der Waals surface area contributed by atoms with Crippen LogP contribution in [0.3, 0.4) is 0 Å². The third kappa shape index (κ3) is 5.79. The number of nitrogens with one attached hydrogen (secondary N) is 1. The summed E-state index contributed by atoms with van der Waals surface area (Å²) in [5, 5.41) is 15.6. The number of benzene rings is 3. The average Bonchev–Trinajstić information content (AvgIpc) is 3.21. The van der Waals surface area contributed by atoms with E-state index in [0.717, 1.165) is 39.1 Å². The van der Waals surface area contributed by atoms with Crippen molar-refractivity contribution in [1.29, 1.82) is 0 Å². The summed E-state index contributed by atoms with van der Waals surface area (Å²) in [5.41, 5.74) is 8.05. The van der Waals surface area contributed by atoms with Crippen molar-refractivity contribution in [3.63, 3.8) is 0 Å². The maximum atomic E-state index is 13.6. The van der Waals surface area contributed by atoms with E-state index in [1.807, 2.05) is 26.0 Å². The predicted octanol–water partition coefficient (Wildman–Crippen LogP) is 4.96. The summed E-state index contributed by atoms with van der Waals surface area (Å²) in [6, 6.07) is 21.1. The number of para-hydroxylation sites is 2. The van der Waals surface area contributed by atoms with Gasteiger partial charge >= 0.3 is 0 Å². The van der Waals surface area contributed by atoms with Crippen molar-refractivity contribution in [3.8, 4) is 5.69 Å². The summed E-state index contributed by atoms with van der Waals surface area (Å²) in [7, 11) is -4.47. The minimum atomic E-state index is -4.47. The number of nitro groups is 1. The van der Waals surface area contributed by atoms with Gasteiger partial charge in [-0.15, -0.1) is 0 Å². The minimum absolute atomic E-state index is 0.178. The maximum absolute atomic E-state index is 13.6. The molecule has 1 aromatic heterocycles. The molecule has 0 aliphatic carbocycles. The molecular formula is C29H29N5O5S. The van der Waals surface area contributed by atoms with Gasteiger partial charge in [0.2, 0.25) is 0 Å². The van der Waals surface area contributed by atoms with Crippen molar-refractivity contribution in [2.24, 2.45) is 5.10 Å². The lowest BCUT2D eigenvalue weighted by Crippen LogP contribution is -2.39. The van der Waals surface area contributed by atoms with Crippen molar-refractivity contribution >= 4 is 33.5 Å². The molecule has 0 bridgehead atoms. The van der Waals surface area contributed by atoms with Gasteiger partial charge in [0.1, 0.15) is 6.54 Å². The molecule has 40 heavy (non-hydrogen) atoms. The van der Waals surface area contributed by atoms with E-state index in [1.54, 1.807) is 18.2 Å². The van der Waals surface area contributed by atoms with Crippen LogP contribution in [0.15, 0.2) is 88.9 Å². The number of hydrazone groups is 1. The molecular weight excluding hydrogens is 530 g/mol. The summed E-state index contributed by atoms with van der Waals surface area (Å²) in [6.45, 7) is 7.39. The van der Waals surface area contributed by atoms with Crippen LogP contribution in [0.4, 0.5) is 11.4 Å². The quantitative estimate of drug-likeness (QED) is 0.176. The normalized spacial score (nSPS) is 11.5. The van der Waals surface area contributed by atoms with Crippen molar-refractivity contribution in [3.05, 3.63) is 117 Å². The summed E-state index contributed by atoms with van der Waals surface area (Å²) >= 11 is 0. The van der Waals surface area contributed by atoms with Gasteiger partial charge in [-0.1, -0.05) is 36.4 Å². The minimum Gasteiger partial charge on any atom is -0.318 e. The van der Waals surface area contributed by atoms with E-state index in [1.165, 1.54) is 41.6 Å². The summed E-state index contributed by atoms with van der Waals surface area (Å²) in [5.74, 6) is -0.717. The van der Waals surface area contributed by atoms with Crippen LogP contribution in [0.5, 0.6) is 0 Å². The first kappa shape index (κ1) is 28.2. The van der Waals surface area contributed by atoms with Gasteiger partial charge in [-0.05, 0) is 75.2 Å². The number of sulfonamides is 1. The van der Waals surface area contributed by atoms with E-state index in [9.17, 15) is 23.3 Å². The Morgan fingerprint density at radius 3 is 2.33 bits per heavy atom. The Morgan fingerprint density at radius 1 is 0.975 bits per heavy atom. The second-order valence-corrected chi connectivity index (χ2v) is 11.1. The molecule has 4 rings (SSSR count). The van der Waals surface area contributed by atoms with Crippen LogP contribution in [0.2, 0.25) is 0 Å². The third-order valence-corrected chi connectivity index (χ3v) is 8.39. The van der Waals surface area contributed by atoms with Crippen molar-refractivity contribution < 1.29 is 18.1 Å². The number of hydrogen-bond acceptors (Lipinski definition) is 6. The van der Waals surface area contributed by atoms with Gasteiger partial charge < -0.3 is 4.57 Å². The van der Waals surface area contributed by atoms with Gasteiger partial charge in [-0.3, -0.25) is 19.2 Å². The Morgan fingerprint density at radius 2 is 1.65 bits per heavy atom. The Labute approximate surface area is 232 Å². The second kappa shape index (κ2) is 11.5. The van der Waals surface area contributed by atoms with Crippen LogP contribution >= 0.6 is 0 Å². The molecule has 4 aromatic rings. The molecule has 10 nitrogen and oxygen atoms in total. The molecule has 0 radical (unpaired) electrons. The molecule has 11 heteroatoms.